The molecule has 1 aliphatic rings. The summed E-state index contributed by atoms with van der Waals surface area (Å²) in [5, 5.41) is 4.22. The van der Waals surface area contributed by atoms with Crippen LogP contribution in [-0.2, 0) is 13.1 Å². The van der Waals surface area contributed by atoms with Crippen molar-refractivity contribution in [3.05, 3.63) is 71.0 Å². The third-order valence-electron chi connectivity index (χ3n) is 5.55. The van der Waals surface area contributed by atoms with Crippen molar-refractivity contribution in [1.82, 2.24) is 29.5 Å². The number of fused-ring (bicyclic) bond motifs is 3. The van der Waals surface area contributed by atoms with Crippen molar-refractivity contribution < 1.29 is 9.32 Å². The summed E-state index contributed by atoms with van der Waals surface area (Å²) in [6.07, 6.45) is 6.11. The highest BCUT2D eigenvalue weighted by molar-refractivity contribution is 5.98. The molecule has 8 heteroatoms. The van der Waals surface area contributed by atoms with Crippen molar-refractivity contribution in [1.29, 1.82) is 0 Å². The summed E-state index contributed by atoms with van der Waals surface area (Å²) in [6.45, 7) is 10.9. The number of carbonyl (C=O) groups is 1. The van der Waals surface area contributed by atoms with Gasteiger partial charge in [-0.2, -0.15) is 4.98 Å². The van der Waals surface area contributed by atoms with E-state index in [4.69, 9.17) is 4.52 Å². The summed E-state index contributed by atoms with van der Waals surface area (Å²) in [7, 11) is 1.79. The average molecular weight is 447 g/mol. The summed E-state index contributed by atoms with van der Waals surface area (Å²) in [5.74, 6) is 0.943. The summed E-state index contributed by atoms with van der Waals surface area (Å²) in [4.78, 5) is 26.0. The fourth-order valence-electron chi connectivity index (χ4n) is 3.72. The SMILES string of the molecule is CC(C)=CCN(CC=C(C)C)Cc1noc(-c2ncn3c2CN(C)C(=O)c2ccccc2-3)n1. The van der Waals surface area contributed by atoms with Gasteiger partial charge >= 0.3 is 0 Å². The minimum atomic E-state index is -0.0272. The lowest BCUT2D eigenvalue weighted by Gasteiger charge is -2.17. The van der Waals surface area contributed by atoms with Gasteiger partial charge in [0.15, 0.2) is 11.5 Å². The predicted octanol–water partition coefficient (Wildman–Crippen LogP) is 4.24. The Balaban J connectivity index is 1.63. The molecule has 0 atom stereocenters. The van der Waals surface area contributed by atoms with E-state index in [2.05, 4.69) is 59.9 Å². The van der Waals surface area contributed by atoms with Gasteiger partial charge in [0.25, 0.3) is 11.8 Å². The van der Waals surface area contributed by atoms with Gasteiger partial charge in [-0.25, -0.2) is 4.98 Å². The van der Waals surface area contributed by atoms with Crippen LogP contribution < -0.4 is 0 Å². The molecule has 1 aromatic carbocycles. The Morgan fingerprint density at radius 1 is 1.12 bits per heavy atom. The van der Waals surface area contributed by atoms with Crippen molar-refractivity contribution in [2.75, 3.05) is 20.1 Å². The molecule has 4 rings (SSSR count). The molecule has 0 radical (unpaired) electrons. The number of hydrogen-bond acceptors (Lipinski definition) is 6. The van der Waals surface area contributed by atoms with Crippen molar-refractivity contribution in [3.8, 4) is 17.3 Å². The van der Waals surface area contributed by atoms with E-state index in [0.717, 1.165) is 24.5 Å². The largest absolute Gasteiger partial charge is 0.336 e. The zero-order chi connectivity index (χ0) is 23.5. The van der Waals surface area contributed by atoms with Gasteiger partial charge < -0.3 is 9.42 Å². The maximum absolute atomic E-state index is 12.8. The van der Waals surface area contributed by atoms with Crippen LogP contribution in [0.15, 0.2) is 58.4 Å². The van der Waals surface area contributed by atoms with Crippen molar-refractivity contribution in [2.45, 2.75) is 40.8 Å². The first-order valence-electron chi connectivity index (χ1n) is 11.1. The van der Waals surface area contributed by atoms with Crippen LogP contribution in [0.25, 0.3) is 17.3 Å². The average Bonchev–Trinajstić information content (AvgIpc) is 3.39. The number of para-hydroxylation sites is 1. The topological polar surface area (TPSA) is 80.3 Å². The van der Waals surface area contributed by atoms with Crippen LogP contribution in [0.2, 0.25) is 0 Å². The Hall–Kier alpha value is -3.52. The Labute approximate surface area is 194 Å². The molecule has 0 bridgehead atoms. The molecule has 8 nitrogen and oxygen atoms in total. The van der Waals surface area contributed by atoms with Crippen LogP contribution in [-0.4, -0.2) is 55.5 Å². The molecule has 0 saturated carbocycles. The number of imidazole rings is 1. The van der Waals surface area contributed by atoms with Gasteiger partial charge in [0.2, 0.25) is 0 Å². The van der Waals surface area contributed by atoms with Crippen molar-refractivity contribution in [2.24, 2.45) is 0 Å². The highest BCUT2D eigenvalue weighted by atomic mass is 16.5. The summed E-state index contributed by atoms with van der Waals surface area (Å²) >= 11 is 0. The first-order valence-corrected chi connectivity index (χ1v) is 11.1. The maximum atomic E-state index is 12.8. The van der Waals surface area contributed by atoms with Gasteiger partial charge in [-0.15, -0.1) is 0 Å². The minimum absolute atomic E-state index is 0.0272. The van der Waals surface area contributed by atoms with Crippen LogP contribution in [0.5, 0.6) is 0 Å². The molecular weight excluding hydrogens is 416 g/mol. The van der Waals surface area contributed by atoms with Gasteiger partial charge in [0.05, 0.1) is 30.0 Å². The highest BCUT2D eigenvalue weighted by Gasteiger charge is 2.28. The van der Waals surface area contributed by atoms with Crippen LogP contribution >= 0.6 is 0 Å². The number of rotatable bonds is 7. The number of benzene rings is 1. The molecule has 3 heterocycles. The van der Waals surface area contributed by atoms with E-state index in [9.17, 15) is 4.79 Å². The number of nitrogens with zero attached hydrogens (tertiary/aromatic N) is 6. The van der Waals surface area contributed by atoms with Crippen molar-refractivity contribution in [3.63, 3.8) is 0 Å². The quantitative estimate of drug-likeness (QED) is 0.505. The third kappa shape index (κ3) is 4.96. The second kappa shape index (κ2) is 9.54. The van der Waals surface area contributed by atoms with Gasteiger partial charge in [-0.1, -0.05) is 40.6 Å². The Morgan fingerprint density at radius 3 is 2.52 bits per heavy atom. The second-order valence-electron chi connectivity index (χ2n) is 8.86. The lowest BCUT2D eigenvalue weighted by Crippen LogP contribution is -2.25. The molecule has 172 valence electrons. The highest BCUT2D eigenvalue weighted by Crippen LogP contribution is 2.29. The fraction of sp³-hybridized carbons (Fsp3) is 0.360. The van der Waals surface area contributed by atoms with E-state index in [-0.39, 0.29) is 5.91 Å². The maximum Gasteiger partial charge on any atom is 0.278 e. The molecule has 0 aliphatic carbocycles. The zero-order valence-electron chi connectivity index (χ0n) is 19.9. The van der Waals surface area contributed by atoms with E-state index >= 15 is 0 Å². The molecule has 1 aliphatic heterocycles. The Morgan fingerprint density at radius 2 is 1.82 bits per heavy atom. The van der Waals surface area contributed by atoms with E-state index in [1.54, 1.807) is 18.3 Å². The Bertz CT molecular complexity index is 1190. The number of hydrogen-bond donors (Lipinski definition) is 0. The summed E-state index contributed by atoms with van der Waals surface area (Å²) < 4.78 is 7.56. The lowest BCUT2D eigenvalue weighted by atomic mass is 10.1. The van der Waals surface area contributed by atoms with Gasteiger partial charge in [0.1, 0.15) is 6.33 Å². The predicted molar refractivity (Wildman–Crippen MR) is 127 cm³/mol. The normalized spacial score (nSPS) is 12.9. The fourth-order valence-corrected chi connectivity index (χ4v) is 3.72. The standard InChI is InChI=1S/C25H30N6O2/c1-17(2)10-12-30(13-11-18(3)4)15-22-27-24(33-28-22)23-21-14-29(5)25(32)19-8-6-7-9-20(19)31(21)16-26-23/h6-11,16H,12-15H2,1-5H3. The van der Waals surface area contributed by atoms with E-state index in [1.165, 1.54) is 11.1 Å². The first kappa shape index (κ1) is 22.7. The number of aromatic nitrogens is 4. The van der Waals surface area contributed by atoms with Gasteiger partial charge in [-0.05, 0) is 39.8 Å². The molecule has 0 N–H and O–H groups in total. The van der Waals surface area contributed by atoms with Gasteiger partial charge in [0, 0.05) is 20.1 Å². The molecule has 0 fully saturated rings. The van der Waals surface area contributed by atoms with E-state index in [0.29, 0.717) is 36.1 Å². The first-order chi connectivity index (χ1) is 15.8. The molecule has 0 unspecified atom stereocenters. The van der Waals surface area contributed by atoms with Crippen molar-refractivity contribution >= 4 is 5.91 Å². The second-order valence-corrected chi connectivity index (χ2v) is 8.86. The molecule has 3 aromatic rings. The van der Waals surface area contributed by atoms with Crippen LogP contribution in [0.4, 0.5) is 0 Å². The van der Waals surface area contributed by atoms with Crippen LogP contribution in [0, 0.1) is 0 Å². The number of amides is 1. The van der Waals surface area contributed by atoms with Gasteiger partial charge in [-0.3, -0.25) is 14.3 Å². The lowest BCUT2D eigenvalue weighted by molar-refractivity contribution is 0.0788. The third-order valence-corrected chi connectivity index (χ3v) is 5.55. The van der Waals surface area contributed by atoms with Crippen LogP contribution in [0.1, 0.15) is 49.6 Å². The van der Waals surface area contributed by atoms with E-state index in [1.807, 2.05) is 28.8 Å². The van der Waals surface area contributed by atoms with Crippen LogP contribution in [0.3, 0.4) is 0 Å². The molecular formula is C25H30N6O2. The summed E-state index contributed by atoms with van der Waals surface area (Å²) in [5.41, 5.74) is 5.43. The summed E-state index contributed by atoms with van der Waals surface area (Å²) in [6, 6.07) is 7.54. The molecule has 1 amide bonds. The number of carbonyl (C=O) groups excluding carboxylic acids is 1. The molecule has 0 spiro atoms. The zero-order valence-corrected chi connectivity index (χ0v) is 19.9. The minimum Gasteiger partial charge on any atom is -0.336 e. The monoisotopic (exact) mass is 446 g/mol. The molecule has 33 heavy (non-hydrogen) atoms. The molecule has 2 aromatic heterocycles. The van der Waals surface area contributed by atoms with E-state index < -0.39 is 0 Å². The molecule has 0 saturated heterocycles. The smallest absolute Gasteiger partial charge is 0.278 e. The number of allylic oxidation sites excluding steroid dienone is 2. The Kier molecular flexibility index (Phi) is 6.55.